The van der Waals surface area contributed by atoms with E-state index in [2.05, 4.69) is 156 Å². The van der Waals surface area contributed by atoms with Crippen LogP contribution < -0.4 is 37.1 Å². The predicted molar refractivity (Wildman–Crippen MR) is 222 cm³/mol. The van der Waals surface area contributed by atoms with Gasteiger partial charge < -0.3 is 4.57 Å². The Balaban J connectivity index is 1.22. The van der Waals surface area contributed by atoms with E-state index in [0.29, 0.717) is 0 Å². The highest BCUT2D eigenvalue weighted by atomic mass is 32.2. The maximum absolute atomic E-state index is 4.85. The molecule has 8 aromatic rings. The van der Waals surface area contributed by atoms with Gasteiger partial charge in [0.25, 0.3) is 0 Å². The van der Waals surface area contributed by atoms with Crippen LogP contribution in [0.2, 0.25) is 0 Å². The average Bonchev–Trinajstić information content (AvgIpc) is 3.56. The third kappa shape index (κ3) is 4.30. The molecule has 2 aromatic heterocycles. The van der Waals surface area contributed by atoms with Crippen molar-refractivity contribution in [2.45, 2.75) is 35.5 Å². The molecule has 0 bridgehead atoms. The maximum atomic E-state index is 4.85. The number of pyridine rings is 1. The Kier molecular flexibility index (Phi) is 6.90. The highest BCUT2D eigenvalue weighted by molar-refractivity contribution is 8.00. The van der Waals surface area contributed by atoms with Crippen LogP contribution in [-0.2, 0) is 12.8 Å². The molecular formula is C47H35BN2SSi. The second-order valence-corrected chi connectivity index (χ2v) is 19.3. The van der Waals surface area contributed by atoms with Crippen LogP contribution in [0.5, 0.6) is 0 Å². The van der Waals surface area contributed by atoms with Crippen LogP contribution in [0, 0.1) is 0 Å². The van der Waals surface area contributed by atoms with Crippen LogP contribution >= 0.6 is 11.8 Å². The minimum absolute atomic E-state index is 0.126. The molecule has 0 unspecified atom stereocenters. The molecule has 52 heavy (non-hydrogen) atoms. The Bertz CT molecular complexity index is 2630. The van der Waals surface area contributed by atoms with Crippen molar-refractivity contribution >= 4 is 74.6 Å². The SMILES string of the molecule is c1ccc([Si]2(c3ccccc3)c3cc(-c4ccccn4)ccc3B3c4cc(-n5c6c(c7ccccc75)CCCC6)ccc4Sc4cccc2c43)cc1. The van der Waals surface area contributed by atoms with E-state index in [4.69, 9.17) is 4.98 Å². The van der Waals surface area contributed by atoms with E-state index in [0.717, 1.165) is 12.1 Å². The van der Waals surface area contributed by atoms with Gasteiger partial charge in [0.15, 0.2) is 8.07 Å². The molecule has 4 heterocycles. The standard InChI is InChI=1S/C47H35BN2SSi/c1-3-14-34(15-4-1)52(35-16-5-2-6-17-35)45-24-13-23-44-47(45)48(38-27-25-32(30-46(38)52)40-20-11-12-29-49-40)39-31-33(26-28-43(39)51-44)50-41-21-9-7-18-36(41)37-19-8-10-22-42(37)50/h1-7,9,11-18,20-21,23-31H,8,10,19,22H2. The van der Waals surface area contributed by atoms with E-state index in [9.17, 15) is 0 Å². The normalized spacial score (nSPS) is 15.0. The van der Waals surface area contributed by atoms with Gasteiger partial charge in [-0.1, -0.05) is 143 Å². The number of fused-ring (bicyclic) bond motifs is 7. The average molecular weight is 699 g/mol. The molecule has 0 spiro atoms. The lowest BCUT2D eigenvalue weighted by molar-refractivity contribution is 0.667. The van der Waals surface area contributed by atoms with E-state index in [1.807, 2.05) is 24.0 Å². The van der Waals surface area contributed by atoms with Crippen LogP contribution in [0.25, 0.3) is 27.8 Å². The van der Waals surface area contributed by atoms with E-state index in [1.165, 1.54) is 94.0 Å². The summed E-state index contributed by atoms with van der Waals surface area (Å²) >= 11 is 1.96. The first-order valence-electron chi connectivity index (χ1n) is 18.5. The van der Waals surface area contributed by atoms with Crippen molar-refractivity contribution in [2.75, 3.05) is 0 Å². The number of para-hydroxylation sites is 1. The molecule has 2 nitrogen and oxygen atoms in total. The number of aryl methyl sites for hydroxylation is 1. The van der Waals surface area contributed by atoms with Crippen molar-refractivity contribution in [3.8, 4) is 16.9 Å². The molecule has 0 amide bonds. The van der Waals surface area contributed by atoms with Gasteiger partial charge in [-0.3, -0.25) is 4.98 Å². The topological polar surface area (TPSA) is 17.8 Å². The first-order chi connectivity index (χ1) is 25.8. The van der Waals surface area contributed by atoms with Crippen molar-refractivity contribution in [2.24, 2.45) is 0 Å². The summed E-state index contributed by atoms with van der Waals surface area (Å²) in [6, 6.07) is 59.9. The van der Waals surface area contributed by atoms with Gasteiger partial charge >= 0.3 is 0 Å². The molecule has 6 aromatic carbocycles. The van der Waals surface area contributed by atoms with Crippen molar-refractivity contribution in [1.82, 2.24) is 9.55 Å². The minimum Gasteiger partial charge on any atom is -0.313 e. The van der Waals surface area contributed by atoms with Crippen molar-refractivity contribution in [3.05, 3.63) is 175 Å². The lowest BCUT2D eigenvalue weighted by Crippen LogP contribution is -2.87. The predicted octanol–water partition coefficient (Wildman–Crippen LogP) is 6.24. The number of hydrogen-bond donors (Lipinski definition) is 0. The van der Waals surface area contributed by atoms with Crippen LogP contribution in [0.3, 0.4) is 0 Å². The number of hydrogen-bond acceptors (Lipinski definition) is 2. The Morgan fingerprint density at radius 1 is 0.596 bits per heavy atom. The molecule has 2 aliphatic heterocycles. The summed E-state index contributed by atoms with van der Waals surface area (Å²) in [5.74, 6) is 0. The van der Waals surface area contributed by atoms with E-state index < -0.39 is 8.07 Å². The molecule has 0 atom stereocenters. The van der Waals surface area contributed by atoms with Crippen LogP contribution in [-0.4, -0.2) is 24.3 Å². The van der Waals surface area contributed by atoms with Gasteiger partial charge in [0, 0.05) is 32.8 Å². The first-order valence-corrected chi connectivity index (χ1v) is 21.4. The molecule has 3 aliphatic rings. The van der Waals surface area contributed by atoms with Gasteiger partial charge in [0.2, 0.25) is 6.71 Å². The van der Waals surface area contributed by atoms with Crippen molar-refractivity contribution in [1.29, 1.82) is 0 Å². The summed E-state index contributed by atoms with van der Waals surface area (Å²) in [4.78, 5) is 7.59. The Labute approximate surface area is 310 Å². The Hall–Kier alpha value is -5.36. The van der Waals surface area contributed by atoms with Gasteiger partial charge in [-0.05, 0) is 100 Å². The fourth-order valence-electron chi connectivity index (χ4n) is 9.77. The van der Waals surface area contributed by atoms with Gasteiger partial charge in [-0.2, -0.15) is 0 Å². The van der Waals surface area contributed by atoms with Gasteiger partial charge in [-0.25, -0.2) is 0 Å². The summed E-state index contributed by atoms with van der Waals surface area (Å²) < 4.78 is 2.59. The zero-order chi connectivity index (χ0) is 34.2. The molecule has 5 heteroatoms. The van der Waals surface area contributed by atoms with E-state index in [1.54, 1.807) is 5.56 Å². The number of nitrogens with zero attached hydrogens (tertiary/aromatic N) is 2. The Morgan fingerprint density at radius 2 is 1.37 bits per heavy atom. The maximum Gasteiger partial charge on any atom is 0.244 e. The third-order valence-electron chi connectivity index (χ3n) is 11.9. The fraction of sp³-hybridized carbons (Fsp3) is 0.0851. The molecular weight excluding hydrogens is 663 g/mol. The molecule has 0 N–H and O–H groups in total. The monoisotopic (exact) mass is 698 g/mol. The highest BCUT2D eigenvalue weighted by Crippen LogP contribution is 2.37. The quantitative estimate of drug-likeness (QED) is 0.203. The minimum atomic E-state index is -2.79. The number of benzene rings is 6. The van der Waals surface area contributed by atoms with Crippen molar-refractivity contribution < 1.29 is 0 Å². The van der Waals surface area contributed by atoms with Gasteiger partial charge in [0.05, 0.1) is 11.2 Å². The second kappa shape index (κ2) is 11.8. The van der Waals surface area contributed by atoms with Crippen LogP contribution in [0.1, 0.15) is 24.1 Å². The number of rotatable bonds is 4. The third-order valence-corrected chi connectivity index (χ3v) is 17.9. The number of aromatic nitrogens is 2. The van der Waals surface area contributed by atoms with Crippen molar-refractivity contribution in [3.63, 3.8) is 0 Å². The van der Waals surface area contributed by atoms with E-state index >= 15 is 0 Å². The summed E-state index contributed by atoms with van der Waals surface area (Å²) in [5, 5.41) is 7.23. The zero-order valence-electron chi connectivity index (χ0n) is 28.8. The smallest absolute Gasteiger partial charge is 0.244 e. The molecule has 11 rings (SSSR count). The molecule has 0 saturated carbocycles. The highest BCUT2D eigenvalue weighted by Gasteiger charge is 2.52. The largest absolute Gasteiger partial charge is 0.313 e. The Morgan fingerprint density at radius 3 is 2.17 bits per heavy atom. The summed E-state index contributed by atoms with van der Waals surface area (Å²) in [6.45, 7) is 0.126. The fourth-order valence-corrected chi connectivity index (χ4v) is 16.3. The van der Waals surface area contributed by atoms with Crippen LogP contribution in [0.4, 0.5) is 0 Å². The summed E-state index contributed by atoms with van der Waals surface area (Å²) in [6.07, 6.45) is 6.74. The molecule has 1 aliphatic carbocycles. The zero-order valence-corrected chi connectivity index (χ0v) is 30.6. The lowest BCUT2D eigenvalue weighted by atomic mass is 9.36. The molecule has 0 saturated heterocycles. The molecule has 246 valence electrons. The lowest BCUT2D eigenvalue weighted by Gasteiger charge is -2.45. The second-order valence-electron chi connectivity index (χ2n) is 14.5. The van der Waals surface area contributed by atoms with E-state index in [-0.39, 0.29) is 6.71 Å². The molecule has 0 radical (unpaired) electrons. The molecule has 0 fully saturated rings. The van der Waals surface area contributed by atoms with Gasteiger partial charge in [0.1, 0.15) is 0 Å². The summed E-state index contributed by atoms with van der Waals surface area (Å²) in [7, 11) is -2.79. The summed E-state index contributed by atoms with van der Waals surface area (Å²) in [5.41, 5.74) is 12.2. The first kappa shape index (κ1) is 30.3. The van der Waals surface area contributed by atoms with Crippen LogP contribution in [0.15, 0.2) is 174 Å². The van der Waals surface area contributed by atoms with Gasteiger partial charge in [-0.15, -0.1) is 0 Å².